The van der Waals surface area contributed by atoms with E-state index in [1.165, 1.54) is 6.07 Å². The van der Waals surface area contributed by atoms with Crippen LogP contribution in [-0.2, 0) is 29.8 Å². The summed E-state index contributed by atoms with van der Waals surface area (Å²) in [5, 5.41) is 0.135. The lowest BCUT2D eigenvalue weighted by atomic mass is 10.1. The second-order valence-electron chi connectivity index (χ2n) is 9.59. The summed E-state index contributed by atoms with van der Waals surface area (Å²) in [7, 11) is -1.74. The van der Waals surface area contributed by atoms with Gasteiger partial charge >= 0.3 is 6.18 Å². The third-order valence-corrected chi connectivity index (χ3v) is 9.07. The minimum absolute atomic E-state index is 0.274. The van der Waals surface area contributed by atoms with Gasteiger partial charge in [0.25, 0.3) is 5.91 Å². The van der Waals surface area contributed by atoms with E-state index < -0.39 is 32.9 Å². The number of hydrogen-bond donors (Lipinski definition) is 1. The molecule has 1 aliphatic carbocycles. The highest BCUT2D eigenvalue weighted by atomic mass is 35.5. The number of anilines is 1. The molecule has 7 nitrogen and oxygen atoms in total. The number of nitrogens with zero attached hydrogens (tertiary/aromatic N) is 3. The molecule has 2 heterocycles. The zero-order valence-corrected chi connectivity index (χ0v) is 21.6. The van der Waals surface area contributed by atoms with E-state index in [9.17, 15) is 26.4 Å². The first-order chi connectivity index (χ1) is 17.4. The zero-order valence-electron chi connectivity index (χ0n) is 20.1. The van der Waals surface area contributed by atoms with Gasteiger partial charge in [-0.2, -0.15) is 13.2 Å². The highest BCUT2D eigenvalue weighted by Gasteiger charge is 2.37. The monoisotopic (exact) mass is 554 g/mol. The third-order valence-electron chi connectivity index (χ3n) is 6.92. The minimum Gasteiger partial charge on any atom is -0.355 e. The second-order valence-corrected chi connectivity index (χ2v) is 12.0. The lowest BCUT2D eigenvalue weighted by Crippen LogP contribution is -2.46. The fourth-order valence-corrected chi connectivity index (χ4v) is 6.22. The summed E-state index contributed by atoms with van der Waals surface area (Å²) in [6, 6.07) is 11.1. The van der Waals surface area contributed by atoms with Crippen LogP contribution in [0.15, 0.2) is 42.5 Å². The van der Waals surface area contributed by atoms with Crippen molar-refractivity contribution in [3.05, 3.63) is 64.2 Å². The first kappa shape index (κ1) is 25.9. The second kappa shape index (κ2) is 9.52. The van der Waals surface area contributed by atoms with Crippen LogP contribution in [0, 0.1) is 0 Å². The molecule has 0 atom stereocenters. The number of alkyl halides is 3. The van der Waals surface area contributed by atoms with E-state index in [0.717, 1.165) is 22.8 Å². The van der Waals surface area contributed by atoms with Gasteiger partial charge in [-0.25, -0.2) is 13.1 Å². The number of nitrogens with one attached hydrogen (secondary N) is 1. The molecule has 1 aliphatic heterocycles. The first-order valence-electron chi connectivity index (χ1n) is 11.9. The van der Waals surface area contributed by atoms with Crippen molar-refractivity contribution < 1.29 is 26.4 Å². The highest BCUT2D eigenvalue weighted by Crippen LogP contribution is 2.35. The molecule has 2 fully saturated rings. The molecule has 1 N–H and O–H groups in total. The van der Waals surface area contributed by atoms with E-state index in [0.29, 0.717) is 51.1 Å². The molecule has 5 rings (SSSR count). The standard InChI is InChI=1S/C25H26ClF3N4O3S/c1-31-22-13-18(24(34)30-37(35,36)19-5-6-19)4-3-17(22)14-23(31)33-10-8-32(9-11-33)15-16-2-7-21(26)20(12-16)25(27,28)29/h2-4,7,12-14,19H,5-6,8-11,15H2,1H3,(H,30,34). The maximum absolute atomic E-state index is 13.2. The Labute approximate surface area is 217 Å². The molecule has 1 amide bonds. The lowest BCUT2D eigenvalue weighted by Gasteiger charge is -2.36. The van der Waals surface area contributed by atoms with Crippen molar-refractivity contribution >= 4 is 44.3 Å². The van der Waals surface area contributed by atoms with Crippen LogP contribution in [0.1, 0.15) is 34.3 Å². The number of sulfonamides is 1. The van der Waals surface area contributed by atoms with Gasteiger partial charge in [0, 0.05) is 50.7 Å². The quantitative estimate of drug-likeness (QED) is 0.489. The molecule has 2 aromatic carbocycles. The van der Waals surface area contributed by atoms with Crippen LogP contribution in [0.2, 0.25) is 5.02 Å². The Kier molecular flexibility index (Phi) is 6.66. The molecule has 0 radical (unpaired) electrons. The van der Waals surface area contributed by atoms with Gasteiger partial charge in [0.1, 0.15) is 5.82 Å². The molecule has 0 spiro atoms. The molecular formula is C25H26ClF3N4O3S. The molecule has 2 aliphatic rings. The Morgan fingerprint density at radius 1 is 1.05 bits per heavy atom. The van der Waals surface area contributed by atoms with Crippen LogP contribution >= 0.6 is 11.6 Å². The number of carbonyl (C=O) groups is 1. The van der Waals surface area contributed by atoms with Crippen molar-refractivity contribution in [3.63, 3.8) is 0 Å². The number of aryl methyl sites for hydroxylation is 1. The van der Waals surface area contributed by atoms with Crippen molar-refractivity contribution in [3.8, 4) is 0 Å². The maximum Gasteiger partial charge on any atom is 0.417 e. The summed E-state index contributed by atoms with van der Waals surface area (Å²) in [6.45, 7) is 3.08. The topological polar surface area (TPSA) is 74.7 Å². The van der Waals surface area contributed by atoms with Gasteiger partial charge in [0.2, 0.25) is 10.0 Å². The Bertz CT molecular complexity index is 1460. The summed E-state index contributed by atoms with van der Waals surface area (Å²) in [5.41, 5.74) is 0.813. The molecule has 0 bridgehead atoms. The Balaban J connectivity index is 1.26. The Morgan fingerprint density at radius 3 is 2.41 bits per heavy atom. The SMILES string of the molecule is Cn1c(N2CCN(Cc3ccc(Cl)c(C(F)(F)F)c3)CC2)cc2ccc(C(=O)NS(=O)(=O)C3CC3)cc21. The summed E-state index contributed by atoms with van der Waals surface area (Å²) in [4.78, 5) is 16.8. The molecule has 198 valence electrons. The van der Waals surface area contributed by atoms with Gasteiger partial charge in [-0.15, -0.1) is 0 Å². The summed E-state index contributed by atoms with van der Waals surface area (Å²) < 4.78 is 68.0. The predicted molar refractivity (Wildman–Crippen MR) is 136 cm³/mol. The average molecular weight is 555 g/mol. The molecule has 1 saturated heterocycles. The normalized spacial score (nSPS) is 17.4. The largest absolute Gasteiger partial charge is 0.417 e. The number of aromatic nitrogens is 1. The number of benzene rings is 2. The molecule has 12 heteroatoms. The molecule has 3 aromatic rings. The van der Waals surface area contributed by atoms with Crippen molar-refractivity contribution in [2.75, 3.05) is 31.1 Å². The molecule has 1 saturated carbocycles. The average Bonchev–Trinajstić information content (AvgIpc) is 3.65. The number of fused-ring (bicyclic) bond motifs is 1. The van der Waals surface area contributed by atoms with Gasteiger partial charge in [-0.05, 0) is 48.7 Å². The molecule has 37 heavy (non-hydrogen) atoms. The van der Waals surface area contributed by atoms with Gasteiger partial charge < -0.3 is 9.47 Å². The lowest BCUT2D eigenvalue weighted by molar-refractivity contribution is -0.137. The fourth-order valence-electron chi connectivity index (χ4n) is 4.69. The number of amides is 1. The third kappa shape index (κ3) is 5.44. The van der Waals surface area contributed by atoms with E-state index in [1.807, 2.05) is 17.7 Å². The molecule has 0 unspecified atom stereocenters. The minimum atomic E-state index is -4.49. The van der Waals surface area contributed by atoms with Gasteiger partial charge in [0.15, 0.2) is 0 Å². The Hall–Kier alpha value is -2.76. The van der Waals surface area contributed by atoms with E-state index in [1.54, 1.807) is 24.3 Å². The van der Waals surface area contributed by atoms with E-state index in [4.69, 9.17) is 11.6 Å². The number of piperazine rings is 1. The van der Waals surface area contributed by atoms with E-state index in [-0.39, 0.29) is 10.6 Å². The summed E-state index contributed by atoms with van der Waals surface area (Å²) in [5.74, 6) is 0.310. The van der Waals surface area contributed by atoms with Crippen molar-refractivity contribution in [2.24, 2.45) is 7.05 Å². The van der Waals surface area contributed by atoms with Crippen molar-refractivity contribution in [1.82, 2.24) is 14.2 Å². The fraction of sp³-hybridized carbons (Fsp3) is 0.400. The zero-order chi connectivity index (χ0) is 26.5. The van der Waals surface area contributed by atoms with Gasteiger partial charge in [-0.3, -0.25) is 9.69 Å². The van der Waals surface area contributed by atoms with E-state index >= 15 is 0 Å². The number of rotatable bonds is 6. The molecular weight excluding hydrogens is 529 g/mol. The van der Waals surface area contributed by atoms with Crippen LogP contribution in [0.4, 0.5) is 19.0 Å². The van der Waals surface area contributed by atoms with Gasteiger partial charge in [-0.1, -0.05) is 23.7 Å². The van der Waals surface area contributed by atoms with Crippen molar-refractivity contribution in [1.29, 1.82) is 0 Å². The predicted octanol–water partition coefficient (Wildman–Crippen LogP) is 4.39. The highest BCUT2D eigenvalue weighted by molar-refractivity contribution is 7.91. The van der Waals surface area contributed by atoms with Gasteiger partial charge in [0.05, 0.1) is 21.4 Å². The summed E-state index contributed by atoms with van der Waals surface area (Å²) >= 11 is 5.74. The van der Waals surface area contributed by atoms with Crippen molar-refractivity contribution in [2.45, 2.75) is 30.8 Å². The smallest absolute Gasteiger partial charge is 0.355 e. The maximum atomic E-state index is 13.2. The first-order valence-corrected chi connectivity index (χ1v) is 13.8. The van der Waals surface area contributed by atoms with Crippen LogP contribution in [0.5, 0.6) is 0 Å². The number of halogens is 4. The number of carbonyl (C=O) groups excluding carboxylic acids is 1. The molecule has 1 aromatic heterocycles. The van der Waals surface area contributed by atoms with Crippen LogP contribution in [0.3, 0.4) is 0 Å². The summed E-state index contributed by atoms with van der Waals surface area (Å²) in [6.07, 6.45) is -3.35. The van der Waals surface area contributed by atoms with Crippen LogP contribution in [-0.4, -0.2) is 55.2 Å². The van der Waals surface area contributed by atoms with Crippen LogP contribution < -0.4 is 9.62 Å². The van der Waals surface area contributed by atoms with E-state index in [2.05, 4.69) is 14.5 Å². The Morgan fingerprint density at radius 2 is 1.76 bits per heavy atom. The van der Waals surface area contributed by atoms with Crippen LogP contribution in [0.25, 0.3) is 10.9 Å². The number of hydrogen-bond acceptors (Lipinski definition) is 5.